The Hall–Kier alpha value is -5.62. The lowest BCUT2D eigenvalue weighted by Gasteiger charge is -2.39. The van der Waals surface area contributed by atoms with Crippen LogP contribution in [0, 0.1) is 5.92 Å². The molecule has 0 radical (unpaired) electrons. The Morgan fingerprint density at radius 3 is 2.40 bits per heavy atom. The van der Waals surface area contributed by atoms with Gasteiger partial charge in [0.1, 0.15) is 11.6 Å². The molecule has 3 aromatic carbocycles. The van der Waals surface area contributed by atoms with Crippen molar-refractivity contribution in [3.05, 3.63) is 83.6 Å². The van der Waals surface area contributed by atoms with Crippen LogP contribution in [0.25, 0.3) is 44.5 Å². The number of imidazole rings is 2. The average Bonchev–Trinajstić information content (AvgIpc) is 3.95. The van der Waals surface area contributed by atoms with Crippen LogP contribution in [0.3, 0.4) is 0 Å². The van der Waals surface area contributed by atoms with Crippen molar-refractivity contribution in [2.45, 2.75) is 43.8 Å². The molecule has 3 amide bonds. The van der Waals surface area contributed by atoms with Gasteiger partial charge >= 0.3 is 0 Å². The normalized spacial score (nSPS) is 21.7. The molecule has 5 aromatic rings. The molecule has 2 saturated heterocycles. The Labute approximate surface area is 287 Å². The van der Waals surface area contributed by atoms with Gasteiger partial charge in [-0.1, -0.05) is 30.3 Å². The summed E-state index contributed by atoms with van der Waals surface area (Å²) in [6, 6.07) is 18.1. The minimum Gasteiger partial charge on any atom is -0.350 e. The molecule has 12 heteroatoms. The van der Waals surface area contributed by atoms with E-state index in [2.05, 4.69) is 37.7 Å². The van der Waals surface area contributed by atoms with E-state index in [1.165, 1.54) is 0 Å². The average molecular weight is 669 g/mol. The number of carbonyl (C=O) groups is 4. The number of carbonyl (C=O) groups excluding carboxylic acids is 4. The quantitative estimate of drug-likeness (QED) is 0.169. The molecule has 4 atom stereocenters. The molecule has 2 aromatic heterocycles. The van der Waals surface area contributed by atoms with Crippen molar-refractivity contribution in [3.63, 3.8) is 0 Å². The zero-order chi connectivity index (χ0) is 34.1. The van der Waals surface area contributed by atoms with E-state index in [1.54, 1.807) is 18.1 Å². The predicted octanol–water partition coefficient (Wildman–Crippen LogP) is 4.12. The van der Waals surface area contributed by atoms with Crippen molar-refractivity contribution in [1.82, 2.24) is 40.4 Å². The highest BCUT2D eigenvalue weighted by atomic mass is 16.2. The van der Waals surface area contributed by atoms with Gasteiger partial charge in [-0.05, 0) is 85.2 Å². The first-order chi connectivity index (χ1) is 24.4. The minimum absolute atomic E-state index is 0.0237. The summed E-state index contributed by atoms with van der Waals surface area (Å²) in [4.78, 5) is 70.0. The van der Waals surface area contributed by atoms with E-state index in [4.69, 9.17) is 4.98 Å². The first-order valence-electron chi connectivity index (χ1n) is 17.2. The van der Waals surface area contributed by atoms with Gasteiger partial charge in [0.05, 0.1) is 48.1 Å². The summed E-state index contributed by atoms with van der Waals surface area (Å²) in [6.07, 6.45) is 6.23. The number of rotatable bonds is 9. The second kappa shape index (κ2) is 11.8. The third kappa shape index (κ3) is 4.77. The molecule has 252 valence electrons. The van der Waals surface area contributed by atoms with Gasteiger partial charge in [-0.3, -0.25) is 19.2 Å². The highest BCUT2D eigenvalue weighted by Gasteiger charge is 2.49. The van der Waals surface area contributed by atoms with E-state index in [0.717, 1.165) is 76.1 Å². The van der Waals surface area contributed by atoms with Gasteiger partial charge in [0.2, 0.25) is 18.2 Å². The molecule has 2 aliphatic heterocycles. The first-order valence-corrected chi connectivity index (χ1v) is 17.2. The number of likely N-dealkylation sites (N-methyl/N-ethyl adjacent to an activating group) is 1. The van der Waals surface area contributed by atoms with Crippen molar-refractivity contribution in [3.8, 4) is 33.5 Å². The van der Waals surface area contributed by atoms with Crippen molar-refractivity contribution in [2.24, 2.45) is 5.92 Å². The highest BCUT2D eigenvalue weighted by Crippen LogP contribution is 2.50. The van der Waals surface area contributed by atoms with Crippen LogP contribution >= 0.6 is 0 Å². The molecule has 4 heterocycles. The van der Waals surface area contributed by atoms with Crippen molar-refractivity contribution in [2.75, 3.05) is 26.7 Å². The fraction of sp³-hybridized carbons (Fsp3) is 0.316. The second-order valence-electron chi connectivity index (χ2n) is 13.8. The van der Waals surface area contributed by atoms with Gasteiger partial charge in [0.25, 0.3) is 0 Å². The number of aromatic nitrogens is 4. The molecular weight excluding hydrogens is 632 g/mol. The molecule has 2 bridgehead atoms. The maximum absolute atomic E-state index is 13.8. The maximum Gasteiger partial charge on any atom is 0.242 e. The van der Waals surface area contributed by atoms with Gasteiger partial charge in [-0.25, -0.2) is 9.97 Å². The third-order valence-electron chi connectivity index (χ3n) is 11.0. The Bertz CT molecular complexity index is 2220. The number of piperidine rings is 1. The number of benzene rings is 3. The Kier molecular flexibility index (Phi) is 7.16. The van der Waals surface area contributed by atoms with Crippen molar-refractivity contribution >= 4 is 35.0 Å². The molecule has 2 aliphatic carbocycles. The molecule has 12 nitrogen and oxygen atoms in total. The molecule has 1 saturated carbocycles. The smallest absolute Gasteiger partial charge is 0.242 e. The van der Waals surface area contributed by atoms with Crippen molar-refractivity contribution < 1.29 is 19.2 Å². The standard InChI is InChI=1S/C38H36N8O4/c1-39-17-34(49)46-24-6-2-23(12-24)35(46)38-42-29-9-5-21(15-30(29)43-38)20-3-7-25-26-8-4-22(14-28(26)36(50)27(25)13-20)31-16-41-37(44-31)32-10-11-45(32)33(48)18-40-19-47/h3-5,7-9,13-16,19,23-24,32,35,39H,2,6,10-12,17-18H2,1H3,(H,40,47)(H,41,44)(H,42,43)/t23-,24+,32?,35-/m0/s1. The Morgan fingerprint density at radius 2 is 1.64 bits per heavy atom. The number of ketones is 1. The fourth-order valence-corrected chi connectivity index (χ4v) is 8.57. The summed E-state index contributed by atoms with van der Waals surface area (Å²) in [5.74, 6) is 1.89. The first kappa shape index (κ1) is 30.4. The molecule has 0 spiro atoms. The van der Waals surface area contributed by atoms with E-state index in [9.17, 15) is 19.2 Å². The van der Waals surface area contributed by atoms with Gasteiger partial charge in [-0.15, -0.1) is 0 Å². The number of hydrogen-bond donors (Lipinski definition) is 4. The van der Waals surface area contributed by atoms with Gasteiger partial charge < -0.3 is 30.4 Å². The number of hydrogen-bond acceptors (Lipinski definition) is 7. The van der Waals surface area contributed by atoms with Crippen LogP contribution in [-0.4, -0.2) is 86.5 Å². The van der Waals surface area contributed by atoms with E-state index in [1.807, 2.05) is 47.4 Å². The van der Waals surface area contributed by atoms with Gasteiger partial charge in [0.15, 0.2) is 5.78 Å². The predicted molar refractivity (Wildman–Crippen MR) is 186 cm³/mol. The SMILES string of the molecule is CNCC(=O)N1[C@@H]2CC[C@@H](C2)[C@H]1c1nc2ccc(-c3ccc4c(c3)C(=O)c3cc(-c5cnc(C6CCN6C(=O)CNC=O)[nH]5)ccc3-4)cc2[nH]1. The molecule has 9 rings (SSSR count). The van der Waals surface area contributed by atoms with Crippen LogP contribution in [0.5, 0.6) is 0 Å². The number of likely N-dealkylation sites (tertiary alicyclic amines) is 2. The number of nitrogens with one attached hydrogen (secondary N) is 4. The molecule has 4 aliphatic rings. The second-order valence-corrected chi connectivity index (χ2v) is 13.8. The van der Waals surface area contributed by atoms with E-state index in [0.29, 0.717) is 42.4 Å². The molecular formula is C38H36N8O4. The Morgan fingerprint density at radius 1 is 0.880 bits per heavy atom. The van der Waals surface area contributed by atoms with Crippen LogP contribution in [-0.2, 0) is 14.4 Å². The zero-order valence-corrected chi connectivity index (χ0v) is 27.5. The van der Waals surface area contributed by atoms with Crippen LogP contribution in [0.2, 0.25) is 0 Å². The number of aromatic amines is 2. The zero-order valence-electron chi connectivity index (χ0n) is 27.5. The minimum atomic E-state index is -0.170. The summed E-state index contributed by atoms with van der Waals surface area (Å²) >= 11 is 0. The molecule has 50 heavy (non-hydrogen) atoms. The van der Waals surface area contributed by atoms with Crippen LogP contribution in [0.4, 0.5) is 0 Å². The van der Waals surface area contributed by atoms with E-state index >= 15 is 0 Å². The number of H-pyrrole nitrogens is 2. The van der Waals surface area contributed by atoms with Crippen LogP contribution < -0.4 is 10.6 Å². The lowest BCUT2D eigenvalue weighted by molar-refractivity contribution is -0.139. The lowest BCUT2D eigenvalue weighted by atomic mass is 9.98. The molecule has 3 fully saturated rings. The number of fused-ring (bicyclic) bond motifs is 6. The monoisotopic (exact) mass is 668 g/mol. The maximum atomic E-state index is 13.8. The molecule has 1 unspecified atom stereocenters. The Balaban J connectivity index is 0.958. The third-order valence-corrected chi connectivity index (χ3v) is 11.0. The molecule has 4 N–H and O–H groups in total. The summed E-state index contributed by atoms with van der Waals surface area (Å²) in [7, 11) is 1.80. The summed E-state index contributed by atoms with van der Waals surface area (Å²) in [5.41, 5.74) is 8.41. The van der Waals surface area contributed by atoms with E-state index < -0.39 is 0 Å². The summed E-state index contributed by atoms with van der Waals surface area (Å²) in [6.45, 7) is 0.897. The summed E-state index contributed by atoms with van der Waals surface area (Å²) in [5, 5.41) is 5.44. The van der Waals surface area contributed by atoms with Crippen LogP contribution in [0.1, 0.15) is 65.3 Å². The largest absolute Gasteiger partial charge is 0.350 e. The fourth-order valence-electron chi connectivity index (χ4n) is 8.57. The summed E-state index contributed by atoms with van der Waals surface area (Å²) < 4.78 is 0. The van der Waals surface area contributed by atoms with Crippen LogP contribution in [0.15, 0.2) is 60.8 Å². The van der Waals surface area contributed by atoms with Gasteiger partial charge in [-0.2, -0.15) is 0 Å². The van der Waals surface area contributed by atoms with Crippen molar-refractivity contribution in [1.29, 1.82) is 0 Å². The van der Waals surface area contributed by atoms with Gasteiger partial charge in [0, 0.05) is 29.3 Å². The number of amides is 3. The van der Waals surface area contributed by atoms with E-state index in [-0.39, 0.29) is 42.3 Å². The highest BCUT2D eigenvalue weighted by molar-refractivity contribution is 6.22. The number of nitrogens with zero attached hydrogens (tertiary/aromatic N) is 4. The lowest BCUT2D eigenvalue weighted by Crippen LogP contribution is -2.48. The topological polar surface area (TPSA) is 156 Å².